The van der Waals surface area contributed by atoms with Gasteiger partial charge in [0.05, 0.1) is 0 Å². The number of carbonyl (C=O) groups excluding carboxylic acids is 2. The van der Waals surface area contributed by atoms with Crippen LogP contribution in [0.15, 0.2) is 12.2 Å². The van der Waals surface area contributed by atoms with Crippen molar-refractivity contribution in [3.63, 3.8) is 0 Å². The number of ketones is 1. The highest BCUT2D eigenvalue weighted by Crippen LogP contribution is 2.38. The van der Waals surface area contributed by atoms with Gasteiger partial charge in [0.1, 0.15) is 0 Å². The minimum Gasteiger partial charge on any atom is -0.295 e. The molecule has 0 aromatic heterocycles. The van der Waals surface area contributed by atoms with Crippen LogP contribution in [0.1, 0.15) is 39.5 Å². The highest BCUT2D eigenvalue weighted by molar-refractivity contribution is 6.24. The summed E-state index contributed by atoms with van der Waals surface area (Å²) in [6.07, 6.45) is 3.98. The summed E-state index contributed by atoms with van der Waals surface area (Å²) in [5.41, 5.74) is 1.23. The molecule has 1 saturated carbocycles. The van der Waals surface area contributed by atoms with Crippen LogP contribution in [0.3, 0.4) is 0 Å². The number of carbonyl (C=O) groups is 2. The molecule has 2 atom stereocenters. The maximum absolute atomic E-state index is 11.2. The van der Waals surface area contributed by atoms with Crippen molar-refractivity contribution in [2.45, 2.75) is 39.5 Å². The number of Topliss-reactive ketones (excluding diaryl/α,β-unsaturated/α-hetero) is 1. The van der Waals surface area contributed by atoms with Gasteiger partial charge in [-0.05, 0) is 37.0 Å². The molecule has 1 aliphatic carbocycles. The van der Waals surface area contributed by atoms with Crippen molar-refractivity contribution in [1.82, 2.24) is 0 Å². The summed E-state index contributed by atoms with van der Waals surface area (Å²) in [6, 6.07) is 0. The maximum atomic E-state index is 11.2. The Hall–Kier alpha value is -0.920. The van der Waals surface area contributed by atoms with Crippen molar-refractivity contribution in [1.29, 1.82) is 0 Å². The molecule has 1 fully saturated rings. The van der Waals surface area contributed by atoms with Crippen LogP contribution in [0.5, 0.6) is 0 Å². The van der Waals surface area contributed by atoms with E-state index in [0.29, 0.717) is 30.5 Å². The SMILES string of the molecule is C=C1CCC(C(C)C)[C@H](CC(=O)C=O)C1. The van der Waals surface area contributed by atoms with Crippen molar-refractivity contribution in [3.8, 4) is 0 Å². The zero-order valence-electron chi connectivity index (χ0n) is 9.66. The molecule has 84 valence electrons. The summed E-state index contributed by atoms with van der Waals surface area (Å²) in [5, 5.41) is 0. The molecule has 0 amide bonds. The molecule has 2 heteroatoms. The lowest BCUT2D eigenvalue weighted by Gasteiger charge is -2.34. The molecular formula is C13H20O2. The minimum absolute atomic E-state index is 0.264. The molecule has 0 aromatic carbocycles. The first-order valence-corrected chi connectivity index (χ1v) is 5.69. The lowest BCUT2D eigenvalue weighted by Crippen LogP contribution is -2.27. The first-order valence-electron chi connectivity index (χ1n) is 5.69. The minimum atomic E-state index is -0.264. The van der Waals surface area contributed by atoms with E-state index in [2.05, 4.69) is 20.4 Å². The molecule has 0 N–H and O–H groups in total. The van der Waals surface area contributed by atoms with Crippen LogP contribution in [0.4, 0.5) is 0 Å². The second kappa shape index (κ2) is 5.24. The van der Waals surface area contributed by atoms with E-state index < -0.39 is 0 Å². The van der Waals surface area contributed by atoms with Crippen molar-refractivity contribution >= 4 is 12.1 Å². The Bertz CT molecular complexity index is 266. The van der Waals surface area contributed by atoms with E-state index in [1.54, 1.807) is 0 Å². The standard InChI is InChI=1S/C13H20O2/c1-9(2)13-5-4-10(3)6-11(13)7-12(15)8-14/h8-9,11,13H,3-7H2,1-2H3/t11-,13?/m0/s1. The summed E-state index contributed by atoms with van der Waals surface area (Å²) in [5.74, 6) is 1.23. The van der Waals surface area contributed by atoms with E-state index >= 15 is 0 Å². The molecule has 0 heterocycles. The summed E-state index contributed by atoms with van der Waals surface area (Å²) in [4.78, 5) is 21.5. The number of hydrogen-bond acceptors (Lipinski definition) is 2. The van der Waals surface area contributed by atoms with Gasteiger partial charge in [0.25, 0.3) is 0 Å². The summed E-state index contributed by atoms with van der Waals surface area (Å²) in [7, 11) is 0. The first kappa shape index (κ1) is 12.2. The predicted octanol–water partition coefficient (Wildman–Crippen LogP) is 2.77. The Kier molecular flexibility index (Phi) is 4.25. The second-order valence-electron chi connectivity index (χ2n) is 4.95. The molecule has 0 aromatic rings. The van der Waals surface area contributed by atoms with E-state index in [1.165, 1.54) is 5.57 Å². The molecule has 0 spiro atoms. The van der Waals surface area contributed by atoms with Crippen molar-refractivity contribution in [3.05, 3.63) is 12.2 Å². The van der Waals surface area contributed by atoms with Crippen LogP contribution in [-0.4, -0.2) is 12.1 Å². The largest absolute Gasteiger partial charge is 0.295 e. The third-order valence-electron chi connectivity index (χ3n) is 3.44. The van der Waals surface area contributed by atoms with Gasteiger partial charge in [-0.15, -0.1) is 0 Å². The molecule has 15 heavy (non-hydrogen) atoms. The monoisotopic (exact) mass is 208 g/mol. The Balaban J connectivity index is 2.65. The quantitative estimate of drug-likeness (QED) is 0.404. The molecule has 0 saturated heterocycles. The van der Waals surface area contributed by atoms with E-state index in [4.69, 9.17) is 0 Å². The van der Waals surface area contributed by atoms with Crippen molar-refractivity contribution in [2.24, 2.45) is 17.8 Å². The molecule has 1 rings (SSSR count). The molecule has 1 unspecified atom stereocenters. The number of aldehydes is 1. The average molecular weight is 208 g/mol. The zero-order valence-corrected chi connectivity index (χ0v) is 9.66. The normalized spacial score (nSPS) is 26.7. The molecular weight excluding hydrogens is 188 g/mol. The Morgan fingerprint density at radius 3 is 2.80 bits per heavy atom. The van der Waals surface area contributed by atoms with Gasteiger partial charge < -0.3 is 0 Å². The van der Waals surface area contributed by atoms with Crippen molar-refractivity contribution in [2.75, 3.05) is 0 Å². The van der Waals surface area contributed by atoms with Crippen LogP contribution in [0, 0.1) is 17.8 Å². The molecule has 1 aliphatic rings. The maximum Gasteiger partial charge on any atom is 0.195 e. The number of hydrogen-bond donors (Lipinski definition) is 0. The first-order chi connectivity index (χ1) is 7.04. The lowest BCUT2D eigenvalue weighted by atomic mass is 9.70. The molecule has 0 radical (unpaired) electrons. The smallest absolute Gasteiger partial charge is 0.195 e. The van der Waals surface area contributed by atoms with Gasteiger partial charge in [-0.3, -0.25) is 9.59 Å². The zero-order chi connectivity index (χ0) is 11.4. The highest BCUT2D eigenvalue weighted by atomic mass is 16.2. The third-order valence-corrected chi connectivity index (χ3v) is 3.44. The number of allylic oxidation sites excluding steroid dienone is 1. The van der Waals surface area contributed by atoms with Crippen LogP contribution in [-0.2, 0) is 9.59 Å². The van der Waals surface area contributed by atoms with E-state index in [1.807, 2.05) is 0 Å². The van der Waals surface area contributed by atoms with Gasteiger partial charge in [0, 0.05) is 6.42 Å². The number of rotatable bonds is 4. The topological polar surface area (TPSA) is 34.1 Å². The van der Waals surface area contributed by atoms with E-state index in [9.17, 15) is 9.59 Å². The molecule has 0 aliphatic heterocycles. The highest BCUT2D eigenvalue weighted by Gasteiger charge is 2.30. The Morgan fingerprint density at radius 2 is 2.27 bits per heavy atom. The third kappa shape index (κ3) is 3.29. The second-order valence-corrected chi connectivity index (χ2v) is 4.95. The van der Waals surface area contributed by atoms with Crippen LogP contribution in [0.2, 0.25) is 0 Å². The van der Waals surface area contributed by atoms with Gasteiger partial charge in [-0.25, -0.2) is 0 Å². The van der Waals surface area contributed by atoms with Gasteiger partial charge in [0.2, 0.25) is 0 Å². The fourth-order valence-electron chi connectivity index (χ4n) is 2.64. The van der Waals surface area contributed by atoms with Gasteiger partial charge in [0.15, 0.2) is 12.1 Å². The molecule has 2 nitrogen and oxygen atoms in total. The predicted molar refractivity (Wildman–Crippen MR) is 60.5 cm³/mol. The van der Waals surface area contributed by atoms with Gasteiger partial charge >= 0.3 is 0 Å². The lowest BCUT2D eigenvalue weighted by molar-refractivity contribution is -0.130. The van der Waals surface area contributed by atoms with Crippen LogP contribution >= 0.6 is 0 Å². The summed E-state index contributed by atoms with van der Waals surface area (Å²) >= 11 is 0. The van der Waals surface area contributed by atoms with E-state index in [0.717, 1.165) is 19.3 Å². The van der Waals surface area contributed by atoms with Crippen LogP contribution < -0.4 is 0 Å². The Labute approximate surface area is 91.7 Å². The van der Waals surface area contributed by atoms with Gasteiger partial charge in [-0.1, -0.05) is 26.0 Å². The average Bonchev–Trinajstić information content (AvgIpc) is 2.17. The van der Waals surface area contributed by atoms with Gasteiger partial charge in [-0.2, -0.15) is 0 Å². The molecule has 0 bridgehead atoms. The summed E-state index contributed by atoms with van der Waals surface area (Å²) < 4.78 is 0. The van der Waals surface area contributed by atoms with E-state index in [-0.39, 0.29) is 5.78 Å². The summed E-state index contributed by atoms with van der Waals surface area (Å²) in [6.45, 7) is 8.37. The van der Waals surface area contributed by atoms with Crippen LogP contribution in [0.25, 0.3) is 0 Å². The fourth-order valence-corrected chi connectivity index (χ4v) is 2.64. The van der Waals surface area contributed by atoms with Crippen molar-refractivity contribution < 1.29 is 9.59 Å². The Morgan fingerprint density at radius 1 is 1.60 bits per heavy atom. The fraction of sp³-hybridized carbons (Fsp3) is 0.692.